The largest absolute Gasteiger partial charge is 0.367 e. The molecular formula is C12H17FN4. The predicted octanol–water partition coefficient (Wildman–Crippen LogP) is 1.65. The Morgan fingerprint density at radius 2 is 2.35 bits per heavy atom. The molecule has 5 heteroatoms. The molecule has 0 bridgehead atoms. The average Bonchev–Trinajstić information content (AvgIpc) is 2.36. The van der Waals surface area contributed by atoms with Gasteiger partial charge in [-0.2, -0.15) is 0 Å². The second-order valence-electron chi connectivity index (χ2n) is 4.11. The SMILES string of the molecule is Cc1ncnc(NCCC2=CCNCC2)c1F. The minimum Gasteiger partial charge on any atom is -0.367 e. The van der Waals surface area contributed by atoms with Crippen LogP contribution in [0.4, 0.5) is 10.2 Å². The lowest BCUT2D eigenvalue weighted by Crippen LogP contribution is -2.21. The zero-order valence-corrected chi connectivity index (χ0v) is 9.96. The number of aromatic nitrogens is 2. The van der Waals surface area contributed by atoms with Crippen LogP contribution in [0.3, 0.4) is 0 Å². The molecule has 0 aliphatic carbocycles. The number of rotatable bonds is 4. The fourth-order valence-electron chi connectivity index (χ4n) is 1.82. The summed E-state index contributed by atoms with van der Waals surface area (Å²) in [6, 6.07) is 0. The summed E-state index contributed by atoms with van der Waals surface area (Å²) in [5, 5.41) is 6.28. The van der Waals surface area contributed by atoms with E-state index in [1.807, 2.05) is 0 Å². The summed E-state index contributed by atoms with van der Waals surface area (Å²) >= 11 is 0. The molecule has 4 nitrogen and oxygen atoms in total. The van der Waals surface area contributed by atoms with E-state index in [1.54, 1.807) is 6.92 Å². The Morgan fingerprint density at radius 1 is 1.47 bits per heavy atom. The smallest absolute Gasteiger partial charge is 0.186 e. The maximum absolute atomic E-state index is 13.6. The monoisotopic (exact) mass is 236 g/mol. The van der Waals surface area contributed by atoms with Gasteiger partial charge in [0.15, 0.2) is 11.6 Å². The van der Waals surface area contributed by atoms with Crippen molar-refractivity contribution >= 4 is 5.82 Å². The Balaban J connectivity index is 1.85. The number of aryl methyl sites for hydroxylation is 1. The van der Waals surface area contributed by atoms with Crippen LogP contribution < -0.4 is 10.6 Å². The van der Waals surface area contributed by atoms with Gasteiger partial charge in [0, 0.05) is 13.1 Å². The summed E-state index contributed by atoms with van der Waals surface area (Å²) in [5.74, 6) is -0.0566. The van der Waals surface area contributed by atoms with Gasteiger partial charge < -0.3 is 10.6 Å². The minimum atomic E-state index is -0.355. The lowest BCUT2D eigenvalue weighted by atomic mass is 10.1. The summed E-state index contributed by atoms with van der Waals surface area (Å²) in [6.45, 7) is 4.32. The molecule has 2 heterocycles. The predicted molar refractivity (Wildman–Crippen MR) is 65.4 cm³/mol. The minimum absolute atomic E-state index is 0.298. The number of nitrogens with zero attached hydrogens (tertiary/aromatic N) is 2. The van der Waals surface area contributed by atoms with E-state index < -0.39 is 0 Å². The molecule has 0 unspecified atom stereocenters. The Morgan fingerprint density at radius 3 is 3.12 bits per heavy atom. The first-order chi connectivity index (χ1) is 8.27. The number of halogens is 1. The maximum atomic E-state index is 13.6. The molecule has 1 aromatic rings. The fourth-order valence-corrected chi connectivity index (χ4v) is 1.82. The third kappa shape index (κ3) is 3.23. The molecule has 92 valence electrons. The number of hydrogen-bond acceptors (Lipinski definition) is 4. The van der Waals surface area contributed by atoms with Crippen LogP contribution in [0.5, 0.6) is 0 Å². The van der Waals surface area contributed by atoms with E-state index in [0.717, 1.165) is 25.9 Å². The van der Waals surface area contributed by atoms with Crippen molar-refractivity contribution in [3.05, 3.63) is 29.5 Å². The van der Waals surface area contributed by atoms with Crippen LogP contribution in [-0.2, 0) is 0 Å². The van der Waals surface area contributed by atoms with Crippen LogP contribution in [0.15, 0.2) is 18.0 Å². The fraction of sp³-hybridized carbons (Fsp3) is 0.500. The molecule has 2 rings (SSSR count). The van der Waals surface area contributed by atoms with E-state index in [4.69, 9.17) is 0 Å². The van der Waals surface area contributed by atoms with Crippen molar-refractivity contribution in [3.8, 4) is 0 Å². The molecule has 0 aromatic carbocycles. The van der Waals surface area contributed by atoms with Gasteiger partial charge in [-0.05, 0) is 26.3 Å². The van der Waals surface area contributed by atoms with Crippen LogP contribution >= 0.6 is 0 Å². The van der Waals surface area contributed by atoms with Crippen molar-refractivity contribution in [3.63, 3.8) is 0 Å². The van der Waals surface area contributed by atoms with Crippen LogP contribution in [0.2, 0.25) is 0 Å². The highest BCUT2D eigenvalue weighted by atomic mass is 19.1. The van der Waals surface area contributed by atoms with Crippen LogP contribution in [0.1, 0.15) is 18.5 Å². The van der Waals surface area contributed by atoms with E-state index in [2.05, 4.69) is 26.7 Å². The van der Waals surface area contributed by atoms with Gasteiger partial charge in [-0.15, -0.1) is 0 Å². The second kappa shape index (κ2) is 5.72. The summed E-state index contributed by atoms with van der Waals surface area (Å²) in [7, 11) is 0. The van der Waals surface area contributed by atoms with E-state index in [0.29, 0.717) is 18.1 Å². The second-order valence-corrected chi connectivity index (χ2v) is 4.11. The van der Waals surface area contributed by atoms with Crippen molar-refractivity contribution in [2.24, 2.45) is 0 Å². The van der Waals surface area contributed by atoms with Gasteiger partial charge in [-0.1, -0.05) is 11.6 Å². The Hall–Kier alpha value is -1.49. The summed E-state index contributed by atoms with van der Waals surface area (Å²) in [5.41, 5.74) is 1.80. The molecule has 17 heavy (non-hydrogen) atoms. The van der Waals surface area contributed by atoms with Gasteiger partial charge in [-0.3, -0.25) is 0 Å². The highest BCUT2D eigenvalue weighted by Crippen LogP contribution is 2.13. The molecule has 0 fully saturated rings. The van der Waals surface area contributed by atoms with E-state index >= 15 is 0 Å². The molecule has 0 saturated carbocycles. The Labute approximate surface area is 100 Å². The lowest BCUT2D eigenvalue weighted by molar-refractivity contribution is 0.604. The number of anilines is 1. The van der Waals surface area contributed by atoms with Crippen molar-refractivity contribution in [1.82, 2.24) is 15.3 Å². The van der Waals surface area contributed by atoms with E-state index in [9.17, 15) is 4.39 Å². The lowest BCUT2D eigenvalue weighted by Gasteiger charge is -2.14. The third-order valence-electron chi connectivity index (χ3n) is 2.86. The van der Waals surface area contributed by atoms with Gasteiger partial charge in [-0.25, -0.2) is 14.4 Å². The molecule has 1 aliphatic rings. The van der Waals surface area contributed by atoms with Gasteiger partial charge in [0.05, 0.1) is 5.69 Å². The van der Waals surface area contributed by atoms with Crippen molar-refractivity contribution in [2.45, 2.75) is 19.8 Å². The molecule has 0 radical (unpaired) electrons. The maximum Gasteiger partial charge on any atom is 0.186 e. The topological polar surface area (TPSA) is 49.8 Å². The van der Waals surface area contributed by atoms with Crippen molar-refractivity contribution < 1.29 is 4.39 Å². The zero-order chi connectivity index (χ0) is 12.1. The average molecular weight is 236 g/mol. The summed E-state index contributed by atoms with van der Waals surface area (Å²) in [4.78, 5) is 7.68. The molecular weight excluding hydrogens is 219 g/mol. The number of hydrogen-bond donors (Lipinski definition) is 2. The first kappa shape index (κ1) is 12.0. The van der Waals surface area contributed by atoms with Gasteiger partial charge in [0.2, 0.25) is 0 Å². The molecule has 0 atom stereocenters. The van der Waals surface area contributed by atoms with E-state index in [-0.39, 0.29) is 5.82 Å². The van der Waals surface area contributed by atoms with Crippen LogP contribution in [-0.4, -0.2) is 29.6 Å². The number of nitrogens with one attached hydrogen (secondary N) is 2. The molecule has 0 amide bonds. The highest BCUT2D eigenvalue weighted by molar-refractivity contribution is 5.36. The summed E-state index contributed by atoms with van der Waals surface area (Å²) < 4.78 is 13.6. The van der Waals surface area contributed by atoms with E-state index in [1.165, 1.54) is 11.9 Å². The van der Waals surface area contributed by atoms with Crippen LogP contribution in [0, 0.1) is 12.7 Å². The molecule has 0 saturated heterocycles. The Bertz CT molecular complexity index is 417. The van der Waals surface area contributed by atoms with Gasteiger partial charge >= 0.3 is 0 Å². The van der Waals surface area contributed by atoms with Crippen LogP contribution in [0.25, 0.3) is 0 Å². The quantitative estimate of drug-likeness (QED) is 0.780. The molecule has 0 spiro atoms. The third-order valence-corrected chi connectivity index (χ3v) is 2.86. The summed E-state index contributed by atoms with van der Waals surface area (Å²) in [6.07, 6.45) is 5.59. The van der Waals surface area contributed by atoms with Gasteiger partial charge in [0.25, 0.3) is 0 Å². The Kier molecular flexibility index (Phi) is 4.03. The first-order valence-electron chi connectivity index (χ1n) is 5.87. The van der Waals surface area contributed by atoms with Crippen molar-refractivity contribution in [1.29, 1.82) is 0 Å². The zero-order valence-electron chi connectivity index (χ0n) is 9.96. The highest BCUT2D eigenvalue weighted by Gasteiger charge is 2.07. The normalized spacial score (nSPS) is 15.5. The van der Waals surface area contributed by atoms with Crippen molar-refractivity contribution in [2.75, 3.05) is 25.0 Å². The molecule has 2 N–H and O–H groups in total. The standard InChI is InChI=1S/C12H17FN4/c1-9-11(13)12(17-8-16-9)15-7-4-10-2-5-14-6-3-10/h2,8,14H,3-7H2,1H3,(H,15,16,17). The molecule has 1 aromatic heterocycles. The molecule has 1 aliphatic heterocycles. The van der Waals surface area contributed by atoms with Gasteiger partial charge in [0.1, 0.15) is 6.33 Å². The first-order valence-corrected chi connectivity index (χ1v) is 5.87.